The molecule has 0 radical (unpaired) electrons. The Morgan fingerprint density at radius 2 is 2.12 bits per heavy atom. The highest BCUT2D eigenvalue weighted by Gasteiger charge is 2.13. The normalized spacial score (nSPS) is 18.1. The van der Waals surface area contributed by atoms with E-state index in [0.717, 1.165) is 32.6 Å². The van der Waals surface area contributed by atoms with E-state index in [1.165, 1.54) is 0 Å². The molecule has 0 aliphatic carbocycles. The number of carbonyl (C=O) groups is 1. The van der Waals surface area contributed by atoms with E-state index >= 15 is 0 Å². The lowest BCUT2D eigenvalue weighted by Gasteiger charge is -2.20. The largest absolute Gasteiger partial charge is 0.354 e. The first-order chi connectivity index (χ1) is 8.26. The van der Waals surface area contributed by atoms with E-state index in [2.05, 4.69) is 15.5 Å². The van der Waals surface area contributed by atoms with Crippen LogP contribution in [0.3, 0.4) is 0 Å². The van der Waals surface area contributed by atoms with Crippen LogP contribution in [0.5, 0.6) is 0 Å². The van der Waals surface area contributed by atoms with Crippen LogP contribution in [-0.2, 0) is 14.3 Å². The molecule has 0 spiro atoms. The van der Waals surface area contributed by atoms with Crippen molar-refractivity contribution in [2.75, 3.05) is 53.5 Å². The predicted molar refractivity (Wildman–Crippen MR) is 64.7 cm³/mol. The van der Waals surface area contributed by atoms with Crippen molar-refractivity contribution >= 4 is 5.91 Å². The van der Waals surface area contributed by atoms with Gasteiger partial charge in [0.15, 0.2) is 6.29 Å². The number of rotatable bonds is 6. The first kappa shape index (κ1) is 14.4. The molecule has 6 nitrogen and oxygen atoms in total. The minimum absolute atomic E-state index is 0.0194. The van der Waals surface area contributed by atoms with Gasteiger partial charge in [-0.05, 0) is 19.5 Å². The smallest absolute Gasteiger partial charge is 0.234 e. The van der Waals surface area contributed by atoms with Crippen molar-refractivity contribution in [1.82, 2.24) is 15.5 Å². The van der Waals surface area contributed by atoms with Gasteiger partial charge in [-0.25, -0.2) is 0 Å². The number of methoxy groups -OCH3 is 2. The molecular weight excluding hydrogens is 222 g/mol. The van der Waals surface area contributed by atoms with Crippen molar-refractivity contribution in [1.29, 1.82) is 0 Å². The van der Waals surface area contributed by atoms with E-state index in [4.69, 9.17) is 9.47 Å². The Hall–Kier alpha value is -0.690. The molecule has 1 rings (SSSR count). The number of amides is 1. The molecular formula is C11H23N3O3. The molecule has 0 unspecified atom stereocenters. The maximum atomic E-state index is 11.7. The van der Waals surface area contributed by atoms with Gasteiger partial charge in [0.1, 0.15) is 0 Å². The fourth-order valence-electron chi connectivity index (χ4n) is 1.78. The van der Waals surface area contributed by atoms with Crippen molar-refractivity contribution in [2.24, 2.45) is 0 Å². The zero-order valence-electron chi connectivity index (χ0n) is 10.7. The predicted octanol–water partition coefficient (Wildman–Crippen LogP) is -0.983. The lowest BCUT2D eigenvalue weighted by molar-refractivity contribution is -0.128. The first-order valence-corrected chi connectivity index (χ1v) is 6.01. The maximum Gasteiger partial charge on any atom is 0.234 e. The molecule has 1 amide bonds. The van der Waals surface area contributed by atoms with Crippen LogP contribution in [0.1, 0.15) is 6.42 Å². The Morgan fingerprint density at radius 1 is 1.35 bits per heavy atom. The molecule has 1 aliphatic rings. The second-order valence-electron chi connectivity index (χ2n) is 4.08. The van der Waals surface area contributed by atoms with Crippen LogP contribution in [0, 0.1) is 0 Å². The molecule has 1 heterocycles. The average Bonchev–Trinajstić information content (AvgIpc) is 2.59. The van der Waals surface area contributed by atoms with Gasteiger partial charge >= 0.3 is 0 Å². The van der Waals surface area contributed by atoms with Gasteiger partial charge in [0.25, 0.3) is 0 Å². The molecule has 2 N–H and O–H groups in total. The standard InChI is InChI=1S/C11H23N3O3/c1-16-11(17-2)8-13-10(15)9-14-6-3-4-12-5-7-14/h11-12H,3-9H2,1-2H3,(H,13,15). The highest BCUT2D eigenvalue weighted by atomic mass is 16.7. The molecule has 0 aromatic heterocycles. The molecule has 6 heteroatoms. The quantitative estimate of drug-likeness (QED) is 0.589. The van der Waals surface area contributed by atoms with E-state index in [9.17, 15) is 4.79 Å². The van der Waals surface area contributed by atoms with Crippen LogP contribution >= 0.6 is 0 Å². The summed E-state index contributed by atoms with van der Waals surface area (Å²) in [7, 11) is 3.11. The molecule has 0 aromatic carbocycles. The molecule has 0 saturated carbocycles. The van der Waals surface area contributed by atoms with Crippen molar-refractivity contribution in [3.8, 4) is 0 Å². The van der Waals surface area contributed by atoms with Gasteiger partial charge in [0, 0.05) is 27.3 Å². The van der Waals surface area contributed by atoms with Crippen LogP contribution in [0.2, 0.25) is 0 Å². The third-order valence-corrected chi connectivity index (χ3v) is 2.79. The van der Waals surface area contributed by atoms with E-state index in [1.54, 1.807) is 14.2 Å². The van der Waals surface area contributed by atoms with Crippen LogP contribution in [0.15, 0.2) is 0 Å². The van der Waals surface area contributed by atoms with E-state index in [0.29, 0.717) is 13.1 Å². The van der Waals surface area contributed by atoms with Crippen molar-refractivity contribution < 1.29 is 14.3 Å². The average molecular weight is 245 g/mol. The van der Waals surface area contributed by atoms with Gasteiger partial charge in [-0.3, -0.25) is 9.69 Å². The van der Waals surface area contributed by atoms with Gasteiger partial charge in [-0.15, -0.1) is 0 Å². The molecule has 1 saturated heterocycles. The molecule has 100 valence electrons. The summed E-state index contributed by atoms with van der Waals surface area (Å²) in [6, 6.07) is 0. The first-order valence-electron chi connectivity index (χ1n) is 6.01. The fourth-order valence-corrected chi connectivity index (χ4v) is 1.78. The summed E-state index contributed by atoms with van der Waals surface area (Å²) in [4.78, 5) is 13.8. The third kappa shape index (κ3) is 5.97. The number of hydrogen-bond donors (Lipinski definition) is 2. The third-order valence-electron chi connectivity index (χ3n) is 2.79. The number of hydrogen-bond acceptors (Lipinski definition) is 5. The van der Waals surface area contributed by atoms with Gasteiger partial charge in [0.05, 0.1) is 13.1 Å². The number of nitrogens with zero attached hydrogens (tertiary/aromatic N) is 1. The zero-order chi connectivity index (χ0) is 12.5. The summed E-state index contributed by atoms with van der Waals surface area (Å²) >= 11 is 0. The number of carbonyl (C=O) groups excluding carboxylic acids is 1. The number of nitrogens with one attached hydrogen (secondary N) is 2. The molecule has 0 atom stereocenters. The topological polar surface area (TPSA) is 62.8 Å². The van der Waals surface area contributed by atoms with E-state index in [1.807, 2.05) is 0 Å². The van der Waals surface area contributed by atoms with Gasteiger partial charge in [0.2, 0.25) is 5.91 Å². The summed E-state index contributed by atoms with van der Waals surface area (Å²) in [5.41, 5.74) is 0. The molecule has 17 heavy (non-hydrogen) atoms. The summed E-state index contributed by atoms with van der Waals surface area (Å²) < 4.78 is 10.00. The van der Waals surface area contributed by atoms with Crippen LogP contribution in [0.4, 0.5) is 0 Å². The van der Waals surface area contributed by atoms with Crippen LogP contribution in [-0.4, -0.2) is 70.6 Å². The van der Waals surface area contributed by atoms with Crippen molar-refractivity contribution in [3.05, 3.63) is 0 Å². The second kappa shape index (κ2) is 8.41. The van der Waals surface area contributed by atoms with Gasteiger partial charge in [-0.1, -0.05) is 0 Å². The summed E-state index contributed by atoms with van der Waals surface area (Å²) in [6.45, 7) is 4.71. The monoisotopic (exact) mass is 245 g/mol. The van der Waals surface area contributed by atoms with Crippen LogP contribution < -0.4 is 10.6 Å². The fraction of sp³-hybridized carbons (Fsp3) is 0.909. The Balaban J connectivity index is 2.18. The van der Waals surface area contributed by atoms with E-state index in [-0.39, 0.29) is 12.2 Å². The summed E-state index contributed by atoms with van der Waals surface area (Å²) in [5.74, 6) is 0.0194. The minimum Gasteiger partial charge on any atom is -0.354 e. The summed E-state index contributed by atoms with van der Waals surface area (Å²) in [5, 5.41) is 6.11. The number of ether oxygens (including phenoxy) is 2. The van der Waals surface area contributed by atoms with Gasteiger partial charge in [-0.2, -0.15) is 0 Å². The highest BCUT2D eigenvalue weighted by Crippen LogP contribution is 1.95. The van der Waals surface area contributed by atoms with Crippen molar-refractivity contribution in [3.63, 3.8) is 0 Å². The Bertz CT molecular complexity index is 214. The molecule has 1 aliphatic heterocycles. The van der Waals surface area contributed by atoms with Crippen molar-refractivity contribution in [2.45, 2.75) is 12.7 Å². The summed E-state index contributed by atoms with van der Waals surface area (Å²) in [6.07, 6.45) is 0.719. The van der Waals surface area contributed by atoms with Crippen LogP contribution in [0.25, 0.3) is 0 Å². The second-order valence-corrected chi connectivity index (χ2v) is 4.08. The Labute approximate surface area is 103 Å². The minimum atomic E-state index is -0.371. The van der Waals surface area contributed by atoms with Gasteiger partial charge < -0.3 is 20.1 Å². The van der Waals surface area contributed by atoms with E-state index < -0.39 is 0 Å². The lowest BCUT2D eigenvalue weighted by Crippen LogP contribution is -2.42. The highest BCUT2D eigenvalue weighted by molar-refractivity contribution is 5.78. The maximum absolute atomic E-state index is 11.7. The lowest BCUT2D eigenvalue weighted by atomic mass is 10.4. The Morgan fingerprint density at radius 3 is 2.82 bits per heavy atom. The molecule has 1 fully saturated rings. The SMILES string of the molecule is COC(CNC(=O)CN1CCCNCC1)OC. The molecule has 0 aromatic rings. The Kier molecular flexibility index (Phi) is 7.11. The molecule has 0 bridgehead atoms. The zero-order valence-corrected chi connectivity index (χ0v) is 10.7.